The second-order valence-electron chi connectivity index (χ2n) is 6.63. The number of anilines is 1. The van der Waals surface area contributed by atoms with Gasteiger partial charge in [-0.1, -0.05) is 30.4 Å². The second kappa shape index (κ2) is 6.46. The first-order chi connectivity index (χ1) is 12.6. The molecular weight excluding hydrogens is 330 g/mol. The maximum atomic E-state index is 11.4. The summed E-state index contributed by atoms with van der Waals surface area (Å²) in [6, 6.07) is 8.10. The average molecular weight is 351 g/mol. The summed E-state index contributed by atoms with van der Waals surface area (Å²) < 4.78 is 2.11. The van der Waals surface area contributed by atoms with E-state index in [0.717, 1.165) is 27.6 Å². The molecule has 134 valence electrons. The van der Waals surface area contributed by atoms with Crippen molar-refractivity contribution in [3.63, 3.8) is 0 Å². The number of pyridine rings is 1. The van der Waals surface area contributed by atoms with E-state index in [0.29, 0.717) is 18.5 Å². The predicted octanol–water partition coefficient (Wildman–Crippen LogP) is 1.92. The number of carbonyl (C=O) groups is 1. The van der Waals surface area contributed by atoms with E-state index in [4.69, 9.17) is 10.1 Å². The fourth-order valence-corrected chi connectivity index (χ4v) is 3.83. The number of hydrogen-bond acceptors (Lipinski definition) is 4. The van der Waals surface area contributed by atoms with Gasteiger partial charge in [0, 0.05) is 37.1 Å². The van der Waals surface area contributed by atoms with E-state index in [1.54, 1.807) is 6.08 Å². The molecule has 4 rings (SSSR count). The average Bonchev–Trinajstić information content (AvgIpc) is 3.03. The van der Waals surface area contributed by atoms with Gasteiger partial charge < -0.3 is 20.1 Å². The molecule has 0 saturated heterocycles. The van der Waals surface area contributed by atoms with Crippen molar-refractivity contribution in [2.45, 2.75) is 18.4 Å². The zero-order valence-corrected chi connectivity index (χ0v) is 14.5. The lowest BCUT2D eigenvalue weighted by Gasteiger charge is -2.18. The number of benzene rings is 1. The minimum atomic E-state index is -0.919. The van der Waals surface area contributed by atoms with Crippen LogP contribution in [0.5, 0.6) is 0 Å². The molecule has 0 saturated carbocycles. The van der Waals surface area contributed by atoms with Gasteiger partial charge in [0.1, 0.15) is 5.82 Å². The normalized spacial score (nSPS) is 21.3. The van der Waals surface area contributed by atoms with Crippen molar-refractivity contribution in [1.82, 2.24) is 4.57 Å². The zero-order chi connectivity index (χ0) is 18.3. The number of para-hydroxylation sites is 1. The van der Waals surface area contributed by atoms with Crippen LogP contribution < -0.4 is 10.7 Å². The molecule has 2 unspecified atom stereocenters. The van der Waals surface area contributed by atoms with Crippen molar-refractivity contribution in [2.24, 2.45) is 12.0 Å². The molecule has 2 atom stereocenters. The van der Waals surface area contributed by atoms with Crippen molar-refractivity contribution >= 4 is 22.7 Å². The number of carboxylic acids is 1. The molecule has 26 heavy (non-hydrogen) atoms. The second-order valence-corrected chi connectivity index (χ2v) is 6.63. The first-order valence-electron chi connectivity index (χ1n) is 8.74. The maximum absolute atomic E-state index is 11.4. The number of aromatic nitrogens is 1. The fraction of sp³-hybridized carbons (Fsp3) is 0.300. The number of aryl methyl sites for hydroxylation is 1. The largest absolute Gasteiger partial charge is 0.478 e. The number of hydrogen-bond donors (Lipinski definition) is 3. The Morgan fingerprint density at radius 2 is 2.15 bits per heavy atom. The highest BCUT2D eigenvalue weighted by Gasteiger charge is 2.35. The van der Waals surface area contributed by atoms with E-state index in [-0.39, 0.29) is 18.6 Å². The van der Waals surface area contributed by atoms with Crippen molar-refractivity contribution in [3.8, 4) is 0 Å². The van der Waals surface area contributed by atoms with Crippen LogP contribution in [-0.4, -0.2) is 39.9 Å². The molecule has 6 nitrogen and oxygen atoms in total. The fourth-order valence-electron chi connectivity index (χ4n) is 3.83. The molecular formula is C20H21N3O3. The quantitative estimate of drug-likeness (QED) is 0.735. The first kappa shape index (κ1) is 16.6. The molecule has 0 amide bonds. The van der Waals surface area contributed by atoms with Crippen LogP contribution in [0, 0.1) is 0 Å². The minimum Gasteiger partial charge on any atom is -0.478 e. The molecule has 0 bridgehead atoms. The smallest absolute Gasteiger partial charge is 0.335 e. The first-order valence-corrected chi connectivity index (χ1v) is 8.74. The summed E-state index contributed by atoms with van der Waals surface area (Å²) in [6.07, 6.45) is 5.98. The van der Waals surface area contributed by atoms with Gasteiger partial charge in [0.2, 0.25) is 0 Å². The Labute approximate surface area is 150 Å². The van der Waals surface area contributed by atoms with E-state index in [9.17, 15) is 9.90 Å². The lowest BCUT2D eigenvalue weighted by atomic mass is 9.88. The van der Waals surface area contributed by atoms with Crippen molar-refractivity contribution in [3.05, 3.63) is 59.0 Å². The van der Waals surface area contributed by atoms with Crippen LogP contribution in [0.4, 0.5) is 5.82 Å². The topological polar surface area (TPSA) is 86.8 Å². The number of carboxylic acid groups (broad SMARTS) is 1. The minimum absolute atomic E-state index is 0.0166. The number of nitrogens with zero attached hydrogens (tertiary/aromatic N) is 2. The Hall–Kier alpha value is -2.86. The third kappa shape index (κ3) is 2.54. The molecule has 1 aromatic heterocycles. The summed E-state index contributed by atoms with van der Waals surface area (Å²) in [6.45, 7) is 0.629. The van der Waals surface area contributed by atoms with Crippen LogP contribution in [0.25, 0.3) is 10.9 Å². The summed E-state index contributed by atoms with van der Waals surface area (Å²) in [7, 11) is 2.01. The number of fused-ring (bicyclic) bond motifs is 4. The molecule has 2 heterocycles. The van der Waals surface area contributed by atoms with Crippen LogP contribution in [0.1, 0.15) is 17.9 Å². The SMILES string of the molecule is Cn1c2c(c(=NCCCO)c3ccccc31)C1C=C(C(=O)O)C=CC1N2. The Bertz CT molecular complexity index is 1020. The monoisotopic (exact) mass is 351 g/mol. The standard InChI is InChI=1S/C20H21N3O3/c1-23-16-6-3-2-5-13(16)18(21-9-4-10-24)17-14-11-12(20(25)26)7-8-15(14)22-19(17)23/h2-3,5-8,11,14-15,22,24H,4,9-10H2,1H3,(H,25,26). The maximum Gasteiger partial charge on any atom is 0.335 e. The van der Waals surface area contributed by atoms with E-state index in [1.807, 2.05) is 37.4 Å². The molecule has 1 aliphatic carbocycles. The van der Waals surface area contributed by atoms with Gasteiger partial charge in [0.25, 0.3) is 0 Å². The van der Waals surface area contributed by atoms with Crippen LogP contribution in [0.15, 0.2) is 53.1 Å². The van der Waals surface area contributed by atoms with E-state index in [2.05, 4.69) is 16.0 Å². The zero-order valence-electron chi connectivity index (χ0n) is 14.5. The van der Waals surface area contributed by atoms with Gasteiger partial charge in [-0.25, -0.2) is 4.79 Å². The lowest BCUT2D eigenvalue weighted by Crippen LogP contribution is -2.23. The van der Waals surface area contributed by atoms with Crippen LogP contribution in [0.3, 0.4) is 0 Å². The molecule has 0 fully saturated rings. The van der Waals surface area contributed by atoms with Crippen LogP contribution in [-0.2, 0) is 11.8 Å². The van der Waals surface area contributed by atoms with Gasteiger partial charge in [-0.2, -0.15) is 0 Å². The third-order valence-corrected chi connectivity index (χ3v) is 5.07. The molecule has 0 spiro atoms. The number of aliphatic hydroxyl groups excluding tert-OH is 1. The highest BCUT2D eigenvalue weighted by molar-refractivity contribution is 5.91. The predicted molar refractivity (Wildman–Crippen MR) is 100 cm³/mol. The van der Waals surface area contributed by atoms with E-state index < -0.39 is 5.97 Å². The Kier molecular flexibility index (Phi) is 4.12. The lowest BCUT2D eigenvalue weighted by molar-refractivity contribution is -0.132. The summed E-state index contributed by atoms with van der Waals surface area (Å²) in [5.74, 6) is -0.0316. The molecule has 2 aliphatic rings. The summed E-state index contributed by atoms with van der Waals surface area (Å²) in [5.41, 5.74) is 2.39. The molecule has 1 aliphatic heterocycles. The van der Waals surface area contributed by atoms with Crippen molar-refractivity contribution < 1.29 is 15.0 Å². The molecule has 0 radical (unpaired) electrons. The van der Waals surface area contributed by atoms with Gasteiger partial charge in [0.05, 0.1) is 22.5 Å². The van der Waals surface area contributed by atoms with Gasteiger partial charge in [0.15, 0.2) is 0 Å². The Balaban J connectivity index is 2.00. The number of aliphatic carboxylic acids is 1. The highest BCUT2D eigenvalue weighted by atomic mass is 16.4. The Morgan fingerprint density at radius 1 is 1.35 bits per heavy atom. The number of nitrogens with one attached hydrogen (secondary N) is 1. The number of aliphatic hydroxyl groups is 1. The van der Waals surface area contributed by atoms with Gasteiger partial charge in [-0.3, -0.25) is 4.99 Å². The third-order valence-electron chi connectivity index (χ3n) is 5.07. The van der Waals surface area contributed by atoms with E-state index in [1.165, 1.54) is 0 Å². The van der Waals surface area contributed by atoms with Crippen LogP contribution in [0.2, 0.25) is 0 Å². The Morgan fingerprint density at radius 3 is 2.92 bits per heavy atom. The van der Waals surface area contributed by atoms with Crippen molar-refractivity contribution in [1.29, 1.82) is 0 Å². The van der Waals surface area contributed by atoms with Gasteiger partial charge in [-0.15, -0.1) is 0 Å². The van der Waals surface area contributed by atoms with Crippen molar-refractivity contribution in [2.75, 3.05) is 18.5 Å². The summed E-state index contributed by atoms with van der Waals surface area (Å²) in [5, 5.41) is 23.9. The number of rotatable bonds is 4. The summed E-state index contributed by atoms with van der Waals surface area (Å²) >= 11 is 0. The molecule has 1 aromatic carbocycles. The van der Waals surface area contributed by atoms with Gasteiger partial charge in [-0.05, 0) is 18.6 Å². The summed E-state index contributed by atoms with van der Waals surface area (Å²) in [4.78, 5) is 16.2. The van der Waals surface area contributed by atoms with Gasteiger partial charge >= 0.3 is 5.97 Å². The molecule has 2 aromatic rings. The molecule has 6 heteroatoms. The molecule has 3 N–H and O–H groups in total. The highest BCUT2D eigenvalue weighted by Crippen LogP contribution is 2.39. The van der Waals surface area contributed by atoms with E-state index >= 15 is 0 Å². The van der Waals surface area contributed by atoms with Crippen LogP contribution >= 0.6 is 0 Å².